The summed E-state index contributed by atoms with van der Waals surface area (Å²) < 4.78 is 37.9. The Hall–Kier alpha value is -1.83. The molecule has 2 rings (SSSR count). The van der Waals surface area contributed by atoms with Crippen LogP contribution in [0.4, 0.5) is 13.2 Å². The van der Waals surface area contributed by atoms with Crippen LogP contribution in [0.25, 0.3) is 0 Å². The van der Waals surface area contributed by atoms with Gasteiger partial charge in [0.2, 0.25) is 0 Å². The zero-order chi connectivity index (χ0) is 16.3. The van der Waals surface area contributed by atoms with Crippen LogP contribution in [0.5, 0.6) is 0 Å². The highest BCUT2D eigenvalue weighted by molar-refractivity contribution is 5.94. The number of amides is 1. The molecule has 22 heavy (non-hydrogen) atoms. The fourth-order valence-electron chi connectivity index (χ4n) is 2.57. The molecule has 1 fully saturated rings. The molecule has 0 unspecified atom stereocenters. The summed E-state index contributed by atoms with van der Waals surface area (Å²) in [6, 6.07) is 0.373. The molecule has 1 saturated carbocycles. The van der Waals surface area contributed by atoms with Crippen molar-refractivity contribution in [2.45, 2.75) is 37.9 Å². The van der Waals surface area contributed by atoms with E-state index in [4.69, 9.17) is 5.11 Å². The predicted octanol–water partition coefficient (Wildman–Crippen LogP) is 1.67. The molecule has 1 aliphatic rings. The zero-order valence-electron chi connectivity index (χ0n) is 11.7. The highest BCUT2D eigenvalue weighted by Gasteiger charge is 2.32. The predicted molar refractivity (Wildman–Crippen MR) is 72.4 cm³/mol. The highest BCUT2D eigenvalue weighted by Crippen LogP contribution is 2.28. The van der Waals surface area contributed by atoms with Gasteiger partial charge in [0.05, 0.1) is 5.56 Å². The Morgan fingerprint density at radius 3 is 2.50 bits per heavy atom. The maximum atomic E-state index is 12.6. The van der Waals surface area contributed by atoms with E-state index < -0.39 is 28.8 Å². The second-order valence-electron chi connectivity index (χ2n) is 5.50. The molecule has 122 valence electrons. The van der Waals surface area contributed by atoms with Gasteiger partial charge in [0.25, 0.3) is 11.5 Å². The Morgan fingerprint density at radius 2 is 1.95 bits per heavy atom. The lowest BCUT2D eigenvalue weighted by atomic mass is 9.86. The molecule has 0 bridgehead atoms. The van der Waals surface area contributed by atoms with E-state index in [1.165, 1.54) is 0 Å². The Balaban J connectivity index is 2.08. The summed E-state index contributed by atoms with van der Waals surface area (Å²) in [6.45, 7) is 0.0912. The van der Waals surface area contributed by atoms with E-state index in [1.807, 2.05) is 4.98 Å². The molecule has 1 heterocycles. The van der Waals surface area contributed by atoms with E-state index in [9.17, 15) is 22.8 Å². The molecule has 3 N–H and O–H groups in total. The first-order valence-electron chi connectivity index (χ1n) is 7.03. The second kappa shape index (κ2) is 6.51. The summed E-state index contributed by atoms with van der Waals surface area (Å²) in [4.78, 5) is 25.5. The molecule has 1 aromatic heterocycles. The largest absolute Gasteiger partial charge is 0.417 e. The van der Waals surface area contributed by atoms with Crippen LogP contribution in [0.2, 0.25) is 0 Å². The molecule has 5 nitrogen and oxygen atoms in total. The number of carbonyl (C=O) groups is 1. The number of aliphatic hydroxyl groups excluding tert-OH is 1. The van der Waals surface area contributed by atoms with E-state index in [2.05, 4.69) is 5.32 Å². The van der Waals surface area contributed by atoms with Gasteiger partial charge in [-0.15, -0.1) is 0 Å². The first-order chi connectivity index (χ1) is 10.3. The Labute approximate surface area is 124 Å². The minimum Gasteiger partial charge on any atom is -0.396 e. The fourth-order valence-corrected chi connectivity index (χ4v) is 2.57. The molecule has 1 aromatic rings. The molecule has 1 aliphatic carbocycles. The zero-order valence-corrected chi connectivity index (χ0v) is 11.7. The molecular weight excluding hydrogens is 301 g/mol. The molecular formula is C14H17F3N2O3. The number of carbonyl (C=O) groups excluding carboxylic acids is 1. The van der Waals surface area contributed by atoms with Gasteiger partial charge in [0.1, 0.15) is 5.56 Å². The lowest BCUT2D eigenvalue weighted by Crippen LogP contribution is -2.40. The Kier molecular flexibility index (Phi) is 4.90. The maximum Gasteiger partial charge on any atom is 0.417 e. The third-order valence-corrected chi connectivity index (χ3v) is 3.92. The number of halogens is 3. The number of aromatic amines is 1. The summed E-state index contributed by atoms with van der Waals surface area (Å²) in [7, 11) is 0. The van der Waals surface area contributed by atoms with Crippen LogP contribution in [0.1, 0.15) is 41.6 Å². The van der Waals surface area contributed by atoms with Gasteiger partial charge in [0.15, 0.2) is 0 Å². The lowest BCUT2D eigenvalue weighted by molar-refractivity contribution is -0.137. The SMILES string of the molecule is O=C(NC1CCC(CO)CC1)c1cc(C(F)(F)F)c[nH]c1=O. The number of aliphatic hydroxyl groups is 1. The maximum absolute atomic E-state index is 12.6. The minimum atomic E-state index is -4.63. The number of hydrogen-bond acceptors (Lipinski definition) is 3. The summed E-state index contributed by atoms with van der Waals surface area (Å²) in [5, 5.41) is 11.6. The van der Waals surface area contributed by atoms with Crippen LogP contribution < -0.4 is 10.9 Å². The molecule has 0 atom stereocenters. The van der Waals surface area contributed by atoms with E-state index in [-0.39, 0.29) is 18.6 Å². The van der Waals surface area contributed by atoms with E-state index >= 15 is 0 Å². The molecule has 1 amide bonds. The summed E-state index contributed by atoms with van der Waals surface area (Å²) >= 11 is 0. The standard InChI is InChI=1S/C14H17F3N2O3/c15-14(16,17)9-5-11(12(21)18-6-9)13(22)19-10-3-1-8(7-20)2-4-10/h5-6,8,10,20H,1-4,7H2,(H,18,21)(H,19,22). The molecule has 0 spiro atoms. The second-order valence-corrected chi connectivity index (χ2v) is 5.50. The van der Waals surface area contributed by atoms with Gasteiger partial charge in [0, 0.05) is 18.8 Å². The van der Waals surface area contributed by atoms with E-state index in [0.717, 1.165) is 12.8 Å². The van der Waals surface area contributed by atoms with Crippen molar-refractivity contribution in [1.82, 2.24) is 10.3 Å². The summed E-state index contributed by atoms with van der Waals surface area (Å²) in [5.74, 6) is -0.607. The van der Waals surface area contributed by atoms with Gasteiger partial charge in [-0.25, -0.2) is 0 Å². The van der Waals surface area contributed by atoms with Crippen LogP contribution in [0.3, 0.4) is 0 Å². The van der Waals surface area contributed by atoms with Gasteiger partial charge >= 0.3 is 6.18 Å². The van der Waals surface area contributed by atoms with E-state index in [0.29, 0.717) is 25.1 Å². The average Bonchev–Trinajstić information content (AvgIpc) is 2.47. The van der Waals surface area contributed by atoms with Crippen molar-refractivity contribution in [2.24, 2.45) is 5.92 Å². The van der Waals surface area contributed by atoms with Gasteiger partial charge in [-0.05, 0) is 37.7 Å². The molecule has 8 heteroatoms. The quantitative estimate of drug-likeness (QED) is 0.793. The number of alkyl halides is 3. The third-order valence-electron chi connectivity index (χ3n) is 3.92. The number of rotatable bonds is 3. The van der Waals surface area contributed by atoms with Crippen molar-refractivity contribution in [1.29, 1.82) is 0 Å². The fraction of sp³-hybridized carbons (Fsp3) is 0.571. The van der Waals surface area contributed by atoms with Gasteiger partial charge in [-0.3, -0.25) is 9.59 Å². The van der Waals surface area contributed by atoms with Gasteiger partial charge in [-0.1, -0.05) is 0 Å². The normalized spacial score (nSPS) is 22.4. The molecule has 0 aliphatic heterocycles. The number of nitrogens with one attached hydrogen (secondary N) is 2. The van der Waals surface area contributed by atoms with Gasteiger partial charge in [-0.2, -0.15) is 13.2 Å². The van der Waals surface area contributed by atoms with Crippen molar-refractivity contribution in [2.75, 3.05) is 6.61 Å². The molecule has 0 saturated heterocycles. The first-order valence-corrected chi connectivity index (χ1v) is 7.03. The number of H-pyrrole nitrogens is 1. The van der Waals surface area contributed by atoms with Crippen molar-refractivity contribution < 1.29 is 23.1 Å². The Morgan fingerprint density at radius 1 is 1.32 bits per heavy atom. The first kappa shape index (κ1) is 16.5. The Bertz CT molecular complexity index is 590. The van der Waals surface area contributed by atoms with Crippen LogP contribution in [-0.2, 0) is 6.18 Å². The van der Waals surface area contributed by atoms with Crippen molar-refractivity contribution in [3.8, 4) is 0 Å². The number of hydrogen-bond donors (Lipinski definition) is 3. The van der Waals surface area contributed by atoms with Gasteiger partial charge < -0.3 is 15.4 Å². The summed E-state index contributed by atoms with van der Waals surface area (Å²) in [6.07, 6.45) is -1.34. The molecule has 0 aromatic carbocycles. The molecule has 0 radical (unpaired) electrons. The average molecular weight is 318 g/mol. The monoisotopic (exact) mass is 318 g/mol. The van der Waals surface area contributed by atoms with Crippen molar-refractivity contribution in [3.05, 3.63) is 33.7 Å². The lowest BCUT2D eigenvalue weighted by Gasteiger charge is -2.27. The summed E-state index contributed by atoms with van der Waals surface area (Å²) in [5.41, 5.74) is -2.46. The van der Waals surface area contributed by atoms with Crippen LogP contribution in [0, 0.1) is 5.92 Å². The topological polar surface area (TPSA) is 82.2 Å². The van der Waals surface area contributed by atoms with Crippen LogP contribution in [-0.4, -0.2) is 28.6 Å². The van der Waals surface area contributed by atoms with E-state index in [1.54, 1.807) is 0 Å². The number of pyridine rings is 1. The highest BCUT2D eigenvalue weighted by atomic mass is 19.4. The van der Waals surface area contributed by atoms with Crippen molar-refractivity contribution in [3.63, 3.8) is 0 Å². The van der Waals surface area contributed by atoms with Crippen LogP contribution >= 0.6 is 0 Å². The number of aromatic nitrogens is 1. The smallest absolute Gasteiger partial charge is 0.396 e. The minimum absolute atomic E-state index is 0.0912. The third kappa shape index (κ3) is 3.88. The van der Waals surface area contributed by atoms with Crippen LogP contribution in [0.15, 0.2) is 17.1 Å². The van der Waals surface area contributed by atoms with Crippen molar-refractivity contribution >= 4 is 5.91 Å².